The third kappa shape index (κ3) is 2.62. The maximum atomic E-state index is 13.6. The second-order valence-corrected chi connectivity index (χ2v) is 3.89. The van der Waals surface area contributed by atoms with E-state index in [0.717, 1.165) is 0 Å². The van der Waals surface area contributed by atoms with Crippen LogP contribution in [-0.4, -0.2) is 13.4 Å². The molecule has 0 amide bonds. The smallest absolute Gasteiger partial charge is 0.171 e. The Morgan fingerprint density at radius 3 is 2.79 bits per heavy atom. The molecule has 0 spiro atoms. The molecule has 78 valence electrons. The fraction of sp³-hybridized carbons (Fsp3) is 0.333. The topological polar surface area (TPSA) is 18.5 Å². The average Bonchev–Trinajstić information content (AvgIpc) is 2.18. The van der Waals surface area contributed by atoms with Crippen molar-refractivity contribution in [1.82, 2.24) is 0 Å². The van der Waals surface area contributed by atoms with E-state index in [1.54, 1.807) is 18.4 Å². The molecule has 0 saturated heterocycles. The zero-order valence-electron chi connectivity index (χ0n) is 7.84. The molecule has 0 N–H and O–H groups in total. The second kappa shape index (κ2) is 5.58. The highest BCUT2D eigenvalue weighted by Crippen LogP contribution is 2.28. The van der Waals surface area contributed by atoms with Crippen molar-refractivity contribution >= 4 is 28.0 Å². The van der Waals surface area contributed by atoms with Gasteiger partial charge in [-0.3, -0.25) is 0 Å². The molecule has 1 aromatic rings. The lowest BCUT2D eigenvalue weighted by atomic mass is 10.2. The lowest BCUT2D eigenvalue weighted by molar-refractivity contribution is 0.342. The Morgan fingerprint density at radius 1 is 1.50 bits per heavy atom. The highest BCUT2D eigenvalue weighted by molar-refractivity contribution is 9.10. The summed E-state index contributed by atoms with van der Waals surface area (Å²) in [5.74, 6) is -0.149. The third-order valence-electron chi connectivity index (χ3n) is 1.69. The number of halogens is 2. The summed E-state index contributed by atoms with van der Waals surface area (Å²) < 4.78 is 24.2. The predicted molar refractivity (Wildman–Crippen MR) is 59.0 cm³/mol. The molecule has 0 radical (unpaired) electrons. The van der Waals surface area contributed by atoms with Gasteiger partial charge >= 0.3 is 0 Å². The molecule has 1 rings (SSSR count). The molecule has 14 heavy (non-hydrogen) atoms. The molecule has 0 fully saturated rings. The summed E-state index contributed by atoms with van der Waals surface area (Å²) >= 11 is 4.45. The summed E-state index contributed by atoms with van der Waals surface area (Å²) in [6.07, 6.45) is 1.78. The van der Waals surface area contributed by atoms with Crippen LogP contribution in [0.25, 0.3) is 0 Å². The summed E-state index contributed by atoms with van der Waals surface area (Å²) in [7, 11) is 1.44. The fourth-order valence-corrected chi connectivity index (χ4v) is 1.64. The number of ether oxygens (including phenoxy) is 1. The molecule has 5 heteroatoms. The van der Waals surface area contributed by atoms with Crippen molar-refractivity contribution < 1.29 is 13.3 Å². The number of benzene rings is 1. The Hall–Kier alpha value is -0.260. The summed E-state index contributed by atoms with van der Waals surface area (Å²) in [6.45, 7) is 0.213. The van der Waals surface area contributed by atoms with Gasteiger partial charge in [0, 0.05) is 16.3 Å². The van der Waals surface area contributed by atoms with Crippen LogP contribution in [0.2, 0.25) is 0 Å². The number of hydrogen-bond donors (Lipinski definition) is 0. The summed E-state index contributed by atoms with van der Waals surface area (Å²) in [4.78, 5) is 0. The molecule has 0 saturated carbocycles. The molecule has 0 heterocycles. The molecule has 0 unspecified atom stereocenters. The minimum atomic E-state index is -0.379. The quantitative estimate of drug-likeness (QED) is 0.788. The van der Waals surface area contributed by atoms with Crippen molar-refractivity contribution in [3.8, 4) is 5.75 Å². The first-order chi connectivity index (χ1) is 6.70. The van der Waals surface area contributed by atoms with Crippen molar-refractivity contribution in [3.05, 3.63) is 28.0 Å². The van der Waals surface area contributed by atoms with Crippen molar-refractivity contribution in [2.75, 3.05) is 13.4 Å². The van der Waals surface area contributed by atoms with E-state index in [9.17, 15) is 4.39 Å². The maximum Gasteiger partial charge on any atom is 0.171 e. The minimum absolute atomic E-state index is 0.213. The van der Waals surface area contributed by atoms with E-state index < -0.39 is 0 Å². The maximum absolute atomic E-state index is 13.6. The molecular weight excluding hydrogens is 271 g/mol. The van der Waals surface area contributed by atoms with Crippen LogP contribution in [0.15, 0.2) is 16.6 Å². The van der Waals surface area contributed by atoms with Crippen molar-refractivity contribution in [2.45, 2.75) is 6.61 Å². The highest BCUT2D eigenvalue weighted by atomic mass is 79.9. The van der Waals surface area contributed by atoms with Gasteiger partial charge in [0.25, 0.3) is 0 Å². The van der Waals surface area contributed by atoms with E-state index in [2.05, 4.69) is 15.9 Å². The Labute approximate surface area is 95.1 Å². The second-order valence-electron chi connectivity index (χ2n) is 2.47. The summed E-state index contributed by atoms with van der Waals surface area (Å²) in [5, 5.41) is 0. The first kappa shape index (κ1) is 11.8. The van der Waals surface area contributed by atoms with Gasteiger partial charge in [0.05, 0.1) is 13.7 Å². The van der Waals surface area contributed by atoms with E-state index in [0.29, 0.717) is 10.0 Å². The van der Waals surface area contributed by atoms with Gasteiger partial charge in [0.1, 0.15) is 0 Å². The lowest BCUT2D eigenvalue weighted by Gasteiger charge is -2.08. The van der Waals surface area contributed by atoms with Gasteiger partial charge in [0.2, 0.25) is 0 Å². The van der Waals surface area contributed by atoms with E-state index in [1.165, 1.54) is 19.2 Å². The Kier molecular flexibility index (Phi) is 4.71. The molecule has 1 aromatic carbocycles. The van der Waals surface area contributed by atoms with Gasteiger partial charge in [-0.1, -0.05) is 15.9 Å². The van der Waals surface area contributed by atoms with Crippen LogP contribution in [0, 0.1) is 5.82 Å². The molecule has 2 nitrogen and oxygen atoms in total. The Morgan fingerprint density at radius 2 is 2.21 bits per heavy atom. The standard InChI is InChI=1S/C9H10BrFO2S/c1-12-8-4-3-7(10)6(9(8)11)5-13-14-2/h3-4H,5H2,1-2H3. The van der Waals surface area contributed by atoms with Crippen molar-refractivity contribution in [2.24, 2.45) is 0 Å². The molecule has 0 atom stereocenters. The molecule has 0 bridgehead atoms. The van der Waals surface area contributed by atoms with Crippen LogP contribution in [0.5, 0.6) is 5.75 Å². The van der Waals surface area contributed by atoms with Crippen LogP contribution >= 0.6 is 28.0 Å². The largest absolute Gasteiger partial charge is 0.494 e. The zero-order valence-corrected chi connectivity index (χ0v) is 10.2. The van der Waals surface area contributed by atoms with Crippen LogP contribution in [0.3, 0.4) is 0 Å². The minimum Gasteiger partial charge on any atom is -0.494 e. The van der Waals surface area contributed by atoms with Gasteiger partial charge in [-0.05, 0) is 24.2 Å². The third-order valence-corrected chi connectivity index (χ3v) is 2.79. The first-order valence-electron chi connectivity index (χ1n) is 3.87. The SMILES string of the molecule is COc1ccc(Br)c(COSC)c1F. The van der Waals surface area contributed by atoms with E-state index in [4.69, 9.17) is 8.92 Å². The van der Waals surface area contributed by atoms with Crippen molar-refractivity contribution in [3.63, 3.8) is 0 Å². The molecule has 0 aromatic heterocycles. The van der Waals surface area contributed by atoms with E-state index in [1.807, 2.05) is 0 Å². The van der Waals surface area contributed by atoms with Crippen molar-refractivity contribution in [1.29, 1.82) is 0 Å². The van der Waals surface area contributed by atoms with E-state index in [-0.39, 0.29) is 18.2 Å². The van der Waals surface area contributed by atoms with Crippen LogP contribution < -0.4 is 4.74 Å². The molecule has 0 aliphatic heterocycles. The summed E-state index contributed by atoms with van der Waals surface area (Å²) in [5.41, 5.74) is 0.471. The van der Waals surface area contributed by atoms with Gasteiger partial charge in [-0.25, -0.2) is 4.39 Å². The van der Waals surface area contributed by atoms with Gasteiger partial charge in [0.15, 0.2) is 11.6 Å². The monoisotopic (exact) mass is 280 g/mol. The average molecular weight is 281 g/mol. The van der Waals surface area contributed by atoms with Crippen LogP contribution in [0.1, 0.15) is 5.56 Å². The molecular formula is C9H10BrFO2S. The Balaban J connectivity index is 2.99. The predicted octanol–water partition coefficient (Wildman–Crippen LogP) is 3.39. The Bertz CT molecular complexity index is 320. The van der Waals surface area contributed by atoms with E-state index >= 15 is 0 Å². The van der Waals surface area contributed by atoms with Gasteiger partial charge < -0.3 is 8.92 Å². The molecule has 0 aliphatic rings. The number of rotatable bonds is 4. The normalized spacial score (nSPS) is 10.3. The highest BCUT2D eigenvalue weighted by Gasteiger charge is 2.12. The first-order valence-corrected chi connectivity index (χ1v) is 5.81. The fourth-order valence-electron chi connectivity index (χ4n) is 0.984. The number of methoxy groups -OCH3 is 1. The zero-order chi connectivity index (χ0) is 10.6. The van der Waals surface area contributed by atoms with Gasteiger partial charge in [-0.15, -0.1) is 0 Å². The number of hydrogen-bond acceptors (Lipinski definition) is 3. The summed E-state index contributed by atoms with van der Waals surface area (Å²) in [6, 6.07) is 3.31. The molecule has 0 aliphatic carbocycles. The van der Waals surface area contributed by atoms with Crippen LogP contribution in [0.4, 0.5) is 4.39 Å². The van der Waals surface area contributed by atoms with Gasteiger partial charge in [-0.2, -0.15) is 0 Å². The lowest BCUT2D eigenvalue weighted by Crippen LogP contribution is -1.97. The van der Waals surface area contributed by atoms with Crippen LogP contribution in [-0.2, 0) is 10.8 Å².